The number of halogens is 3. The smallest absolute Gasteiger partial charge is 0.422 e. The Bertz CT molecular complexity index is 345. The Morgan fingerprint density at radius 2 is 2.35 bits per heavy atom. The van der Waals surface area contributed by atoms with Crippen LogP contribution >= 0.6 is 23.1 Å². The summed E-state index contributed by atoms with van der Waals surface area (Å²) in [5.41, 5.74) is 1.56. The molecule has 10 heteroatoms. The number of hydrogen-bond donors (Lipinski definition) is 1. The minimum absolute atomic E-state index is 0.195. The second-order valence-electron chi connectivity index (χ2n) is 2.67. The zero-order valence-corrected chi connectivity index (χ0v) is 9.99. The summed E-state index contributed by atoms with van der Waals surface area (Å²) in [5, 5.41) is 9.54. The van der Waals surface area contributed by atoms with Crippen LogP contribution in [0.4, 0.5) is 18.0 Å². The molecule has 0 aromatic carbocycles. The molecule has 1 aromatic heterocycles. The standard InChI is InChI=1S/C7H8F3N3O2S2/c8-7(9,10)3-15-5(14)11-1-2-16-6-13-12-4-17-6/h4H,1-3H2,(H,11,14). The van der Waals surface area contributed by atoms with Gasteiger partial charge in [0.25, 0.3) is 0 Å². The maximum absolute atomic E-state index is 11.7. The molecule has 1 N–H and O–H groups in total. The van der Waals surface area contributed by atoms with Gasteiger partial charge in [-0.05, 0) is 0 Å². The van der Waals surface area contributed by atoms with E-state index in [1.165, 1.54) is 23.1 Å². The molecule has 17 heavy (non-hydrogen) atoms. The fourth-order valence-electron chi connectivity index (χ4n) is 0.716. The number of ether oxygens (including phenoxy) is 1. The number of nitrogens with zero attached hydrogens (tertiary/aromatic N) is 2. The van der Waals surface area contributed by atoms with Crippen LogP contribution in [0.3, 0.4) is 0 Å². The van der Waals surface area contributed by atoms with Crippen molar-refractivity contribution in [2.45, 2.75) is 10.5 Å². The summed E-state index contributed by atoms with van der Waals surface area (Å²) in [7, 11) is 0. The lowest BCUT2D eigenvalue weighted by Crippen LogP contribution is -2.30. The van der Waals surface area contributed by atoms with Crippen LogP contribution in [0.5, 0.6) is 0 Å². The van der Waals surface area contributed by atoms with E-state index >= 15 is 0 Å². The van der Waals surface area contributed by atoms with E-state index < -0.39 is 18.9 Å². The number of aromatic nitrogens is 2. The number of alkyl halides is 3. The van der Waals surface area contributed by atoms with Gasteiger partial charge in [0.2, 0.25) is 0 Å². The Morgan fingerprint density at radius 1 is 1.59 bits per heavy atom. The number of carbonyl (C=O) groups excluding carboxylic acids is 1. The maximum Gasteiger partial charge on any atom is 0.422 e. The van der Waals surface area contributed by atoms with Crippen LogP contribution < -0.4 is 5.32 Å². The fourth-order valence-corrected chi connectivity index (χ4v) is 2.13. The summed E-state index contributed by atoms with van der Waals surface area (Å²) < 4.78 is 39.7. The number of rotatable bonds is 5. The summed E-state index contributed by atoms with van der Waals surface area (Å²) in [6, 6.07) is 0. The summed E-state index contributed by atoms with van der Waals surface area (Å²) in [5.74, 6) is 0.482. The van der Waals surface area contributed by atoms with Gasteiger partial charge in [-0.2, -0.15) is 13.2 Å². The summed E-state index contributed by atoms with van der Waals surface area (Å²) in [6.45, 7) is -1.39. The molecule has 96 valence electrons. The van der Waals surface area contributed by atoms with Gasteiger partial charge in [-0.1, -0.05) is 23.1 Å². The van der Waals surface area contributed by atoms with Gasteiger partial charge in [-0.3, -0.25) is 0 Å². The first-order valence-electron chi connectivity index (χ1n) is 4.34. The van der Waals surface area contributed by atoms with Gasteiger partial charge < -0.3 is 10.1 Å². The van der Waals surface area contributed by atoms with Crippen molar-refractivity contribution in [3.05, 3.63) is 5.51 Å². The number of carbonyl (C=O) groups is 1. The van der Waals surface area contributed by atoms with Gasteiger partial charge in [0.1, 0.15) is 5.51 Å². The molecule has 0 saturated carbocycles. The van der Waals surface area contributed by atoms with Gasteiger partial charge >= 0.3 is 12.3 Å². The molecule has 0 radical (unpaired) electrons. The molecule has 5 nitrogen and oxygen atoms in total. The number of hydrogen-bond acceptors (Lipinski definition) is 6. The van der Waals surface area contributed by atoms with Crippen LogP contribution in [-0.4, -0.2) is 41.4 Å². The lowest BCUT2D eigenvalue weighted by molar-refractivity contribution is -0.160. The monoisotopic (exact) mass is 287 g/mol. The van der Waals surface area contributed by atoms with E-state index in [-0.39, 0.29) is 6.54 Å². The highest BCUT2D eigenvalue weighted by molar-refractivity contribution is 8.01. The Morgan fingerprint density at radius 3 is 2.94 bits per heavy atom. The molecule has 0 fully saturated rings. The van der Waals surface area contributed by atoms with Gasteiger partial charge in [-0.25, -0.2) is 4.79 Å². The topological polar surface area (TPSA) is 64.1 Å². The normalized spacial score (nSPS) is 11.2. The summed E-state index contributed by atoms with van der Waals surface area (Å²) in [4.78, 5) is 10.8. The molecule has 1 aromatic rings. The maximum atomic E-state index is 11.7. The molecule has 1 rings (SSSR count). The third-order valence-corrected chi connectivity index (χ3v) is 3.17. The third-order valence-electron chi connectivity index (χ3n) is 1.30. The van der Waals surface area contributed by atoms with Crippen molar-refractivity contribution in [2.24, 2.45) is 0 Å². The van der Waals surface area contributed by atoms with Crippen molar-refractivity contribution in [3.63, 3.8) is 0 Å². The second-order valence-corrected chi connectivity index (χ2v) is 4.85. The van der Waals surface area contributed by atoms with E-state index in [4.69, 9.17) is 0 Å². The van der Waals surface area contributed by atoms with Crippen molar-refractivity contribution in [1.29, 1.82) is 0 Å². The quantitative estimate of drug-likeness (QED) is 0.662. The lowest BCUT2D eigenvalue weighted by atomic mass is 10.7. The minimum Gasteiger partial charge on any atom is -0.440 e. The molecular formula is C7H8F3N3O2S2. The summed E-state index contributed by atoms with van der Waals surface area (Å²) in [6.07, 6.45) is -5.58. The van der Waals surface area contributed by atoms with Crippen LogP contribution in [-0.2, 0) is 4.74 Å². The summed E-state index contributed by atoms with van der Waals surface area (Å²) >= 11 is 2.69. The Balaban J connectivity index is 2.04. The van der Waals surface area contributed by atoms with E-state index in [2.05, 4.69) is 20.3 Å². The van der Waals surface area contributed by atoms with Crippen LogP contribution in [0.25, 0.3) is 0 Å². The fraction of sp³-hybridized carbons (Fsp3) is 0.571. The molecule has 0 bridgehead atoms. The van der Waals surface area contributed by atoms with Gasteiger partial charge in [0.05, 0.1) is 0 Å². The molecule has 0 saturated heterocycles. The molecule has 1 heterocycles. The Kier molecular flexibility index (Phi) is 5.48. The molecule has 0 spiro atoms. The third kappa shape index (κ3) is 7.00. The molecule has 1 amide bonds. The van der Waals surface area contributed by atoms with Crippen molar-refractivity contribution in [1.82, 2.24) is 15.5 Å². The number of alkyl carbamates (subject to hydrolysis) is 1. The van der Waals surface area contributed by atoms with E-state index in [1.807, 2.05) is 0 Å². The molecule has 0 aliphatic rings. The first kappa shape index (κ1) is 14.0. The van der Waals surface area contributed by atoms with E-state index in [1.54, 1.807) is 5.51 Å². The molecule has 0 unspecified atom stereocenters. The van der Waals surface area contributed by atoms with Crippen LogP contribution in [0.1, 0.15) is 0 Å². The highest BCUT2D eigenvalue weighted by Gasteiger charge is 2.29. The van der Waals surface area contributed by atoms with Gasteiger partial charge in [0.15, 0.2) is 10.9 Å². The first-order chi connectivity index (χ1) is 7.97. The average Bonchev–Trinajstić information content (AvgIpc) is 2.73. The Labute approximate surface area is 103 Å². The highest BCUT2D eigenvalue weighted by Crippen LogP contribution is 2.17. The second kappa shape index (κ2) is 6.64. The van der Waals surface area contributed by atoms with Crippen molar-refractivity contribution in [2.75, 3.05) is 18.9 Å². The molecule has 0 aliphatic heterocycles. The predicted molar refractivity (Wildman–Crippen MR) is 56.0 cm³/mol. The number of amides is 1. The average molecular weight is 287 g/mol. The first-order valence-corrected chi connectivity index (χ1v) is 6.20. The Hall–Kier alpha value is -1.03. The molecular weight excluding hydrogens is 279 g/mol. The molecule has 0 atom stereocenters. The predicted octanol–water partition coefficient (Wildman–Crippen LogP) is 1.92. The van der Waals surface area contributed by atoms with Crippen molar-refractivity contribution in [3.8, 4) is 0 Å². The van der Waals surface area contributed by atoms with Crippen LogP contribution in [0.2, 0.25) is 0 Å². The van der Waals surface area contributed by atoms with Gasteiger partial charge in [-0.15, -0.1) is 10.2 Å². The van der Waals surface area contributed by atoms with Gasteiger partial charge in [0, 0.05) is 12.3 Å². The highest BCUT2D eigenvalue weighted by atomic mass is 32.2. The zero-order chi connectivity index (χ0) is 12.7. The minimum atomic E-state index is -4.50. The lowest BCUT2D eigenvalue weighted by Gasteiger charge is -2.08. The number of thioether (sulfide) groups is 1. The number of nitrogens with one attached hydrogen (secondary N) is 1. The van der Waals surface area contributed by atoms with E-state index in [9.17, 15) is 18.0 Å². The van der Waals surface area contributed by atoms with Crippen molar-refractivity contribution < 1.29 is 22.7 Å². The largest absolute Gasteiger partial charge is 0.440 e. The van der Waals surface area contributed by atoms with Crippen LogP contribution in [0, 0.1) is 0 Å². The molecule has 0 aliphatic carbocycles. The van der Waals surface area contributed by atoms with Crippen molar-refractivity contribution >= 4 is 29.2 Å². The zero-order valence-electron chi connectivity index (χ0n) is 8.36. The van der Waals surface area contributed by atoms with Crippen LogP contribution in [0.15, 0.2) is 9.85 Å². The van der Waals surface area contributed by atoms with E-state index in [0.717, 1.165) is 4.34 Å². The van der Waals surface area contributed by atoms with E-state index in [0.29, 0.717) is 5.75 Å². The SMILES string of the molecule is O=C(NCCSc1nncs1)OCC(F)(F)F.